The van der Waals surface area contributed by atoms with Gasteiger partial charge in [0.25, 0.3) is 0 Å². The van der Waals surface area contributed by atoms with Gasteiger partial charge in [-0.3, -0.25) is 5.41 Å². The van der Waals surface area contributed by atoms with Crippen LogP contribution in [-0.2, 0) is 0 Å². The molecule has 1 aromatic heterocycles. The minimum absolute atomic E-state index is 0.136. The lowest BCUT2D eigenvalue weighted by Crippen LogP contribution is -2.26. The van der Waals surface area contributed by atoms with Crippen LogP contribution < -0.4 is 4.90 Å². The Balaban J connectivity index is 1.67. The van der Waals surface area contributed by atoms with Crippen LogP contribution in [0.15, 0.2) is 53.6 Å². The average molecular weight is 416 g/mol. The minimum Gasteiger partial charge on any atom is -0.510 e. The van der Waals surface area contributed by atoms with Gasteiger partial charge in [-0.2, -0.15) is 0 Å². The molecular weight excluding hydrogens is 401 g/mol. The lowest BCUT2D eigenvalue weighted by molar-refractivity contribution is 0.411. The molecule has 0 spiro atoms. The van der Waals surface area contributed by atoms with Crippen LogP contribution in [0, 0.1) is 12.3 Å². The molecule has 0 amide bonds. The standard InChI is InChI=1S/C20H15Cl2N3OS/c1-11-14(22)3-2-4-16(11)25-9-17(26)18(19(25)23)20-24-15(10-27-20)12-5-7-13(21)8-6-12/h2-8,10,23,26H,9H2,1H3. The van der Waals surface area contributed by atoms with Crippen LogP contribution in [0.2, 0.25) is 10.0 Å². The first kappa shape index (κ1) is 18.0. The Bertz CT molecular complexity index is 1070. The van der Waals surface area contributed by atoms with Crippen molar-refractivity contribution in [2.75, 3.05) is 11.4 Å². The van der Waals surface area contributed by atoms with Crippen LogP contribution in [0.1, 0.15) is 10.6 Å². The molecule has 4 rings (SSSR count). The van der Waals surface area contributed by atoms with Crippen molar-refractivity contribution in [2.24, 2.45) is 0 Å². The van der Waals surface area contributed by atoms with E-state index in [0.29, 0.717) is 20.6 Å². The van der Waals surface area contributed by atoms with Crippen LogP contribution in [0.4, 0.5) is 5.69 Å². The summed E-state index contributed by atoms with van der Waals surface area (Å²) in [7, 11) is 0. The van der Waals surface area contributed by atoms with E-state index in [0.717, 1.165) is 22.5 Å². The minimum atomic E-state index is 0.136. The number of anilines is 1. The fraction of sp³-hybridized carbons (Fsp3) is 0.100. The molecule has 0 unspecified atom stereocenters. The highest BCUT2D eigenvalue weighted by Crippen LogP contribution is 2.36. The second kappa shape index (κ2) is 7.00. The van der Waals surface area contributed by atoms with Crippen molar-refractivity contribution in [3.63, 3.8) is 0 Å². The highest BCUT2D eigenvalue weighted by atomic mass is 35.5. The molecule has 2 N–H and O–H groups in total. The molecule has 2 aromatic carbocycles. The zero-order valence-corrected chi connectivity index (χ0v) is 16.7. The Morgan fingerprint density at radius 3 is 2.63 bits per heavy atom. The normalized spacial score (nSPS) is 14.3. The van der Waals surface area contributed by atoms with Crippen LogP contribution in [0.5, 0.6) is 0 Å². The van der Waals surface area contributed by atoms with Crippen molar-refractivity contribution >= 4 is 51.6 Å². The molecule has 7 heteroatoms. The van der Waals surface area contributed by atoms with Crippen LogP contribution in [0.25, 0.3) is 16.8 Å². The van der Waals surface area contributed by atoms with Gasteiger partial charge >= 0.3 is 0 Å². The molecule has 0 fully saturated rings. The smallest absolute Gasteiger partial charge is 0.139 e. The largest absolute Gasteiger partial charge is 0.510 e. The number of halogens is 2. The predicted molar refractivity (Wildman–Crippen MR) is 113 cm³/mol. The maximum absolute atomic E-state index is 10.5. The summed E-state index contributed by atoms with van der Waals surface area (Å²) in [6.07, 6.45) is 0. The molecular formula is C20H15Cl2N3OS. The highest BCUT2D eigenvalue weighted by molar-refractivity contribution is 7.11. The van der Waals surface area contributed by atoms with E-state index in [4.69, 9.17) is 28.6 Å². The third-order valence-electron chi connectivity index (χ3n) is 4.49. The average Bonchev–Trinajstić information content (AvgIpc) is 3.23. The van der Waals surface area contributed by atoms with Gasteiger partial charge in [-0.15, -0.1) is 11.3 Å². The number of hydrogen-bond acceptors (Lipinski definition) is 4. The summed E-state index contributed by atoms with van der Waals surface area (Å²) >= 11 is 13.6. The molecule has 27 heavy (non-hydrogen) atoms. The molecule has 0 saturated carbocycles. The Hall–Kier alpha value is -2.34. The Morgan fingerprint density at radius 1 is 1.15 bits per heavy atom. The first-order valence-corrected chi connectivity index (χ1v) is 9.85. The molecule has 2 heterocycles. The highest BCUT2D eigenvalue weighted by Gasteiger charge is 2.32. The summed E-state index contributed by atoms with van der Waals surface area (Å²) < 4.78 is 0. The number of amidine groups is 1. The van der Waals surface area contributed by atoms with Crippen molar-refractivity contribution in [1.29, 1.82) is 5.41 Å². The molecule has 0 radical (unpaired) electrons. The van der Waals surface area contributed by atoms with Crippen molar-refractivity contribution in [2.45, 2.75) is 6.92 Å². The molecule has 0 atom stereocenters. The molecule has 4 nitrogen and oxygen atoms in total. The van der Waals surface area contributed by atoms with Crippen LogP contribution in [-0.4, -0.2) is 22.5 Å². The number of rotatable bonds is 3. The summed E-state index contributed by atoms with van der Waals surface area (Å²) in [5.74, 6) is 0.353. The Kier molecular flexibility index (Phi) is 4.68. The van der Waals surface area contributed by atoms with E-state index >= 15 is 0 Å². The van der Waals surface area contributed by atoms with Gasteiger partial charge in [0, 0.05) is 26.7 Å². The third-order valence-corrected chi connectivity index (χ3v) is 6.01. The lowest BCUT2D eigenvalue weighted by Gasteiger charge is -2.21. The predicted octanol–water partition coefficient (Wildman–Crippen LogP) is 6.19. The van der Waals surface area contributed by atoms with E-state index in [9.17, 15) is 5.11 Å². The zero-order valence-electron chi connectivity index (χ0n) is 14.3. The Labute approximate surface area is 170 Å². The number of benzene rings is 2. The van der Waals surface area contributed by atoms with Gasteiger partial charge in [0.1, 0.15) is 16.6 Å². The SMILES string of the molecule is Cc1c(Cl)cccc1N1CC(O)=C(c2nc(-c3ccc(Cl)cc3)cs2)C1=N. The van der Waals surface area contributed by atoms with E-state index in [-0.39, 0.29) is 18.1 Å². The summed E-state index contributed by atoms with van der Waals surface area (Å²) in [5.41, 5.74) is 3.87. The van der Waals surface area contributed by atoms with Crippen molar-refractivity contribution in [3.8, 4) is 11.3 Å². The molecule has 1 aliphatic rings. The fourth-order valence-corrected chi connectivity index (χ4v) is 4.23. The monoisotopic (exact) mass is 415 g/mol. The van der Waals surface area contributed by atoms with E-state index in [2.05, 4.69) is 4.98 Å². The topological polar surface area (TPSA) is 60.2 Å². The van der Waals surface area contributed by atoms with E-state index in [1.165, 1.54) is 11.3 Å². The molecule has 0 saturated heterocycles. The van der Waals surface area contributed by atoms with Gasteiger partial charge in [-0.1, -0.05) is 41.4 Å². The number of nitrogens with zero attached hydrogens (tertiary/aromatic N) is 2. The molecule has 136 valence electrons. The first-order chi connectivity index (χ1) is 13.0. The summed E-state index contributed by atoms with van der Waals surface area (Å²) in [6.45, 7) is 2.13. The van der Waals surface area contributed by atoms with Gasteiger partial charge < -0.3 is 10.0 Å². The molecule has 0 bridgehead atoms. The number of thiazole rings is 1. The van der Waals surface area contributed by atoms with E-state index < -0.39 is 0 Å². The quantitative estimate of drug-likeness (QED) is 0.535. The summed E-state index contributed by atoms with van der Waals surface area (Å²) in [6, 6.07) is 13.0. The maximum atomic E-state index is 10.5. The first-order valence-electron chi connectivity index (χ1n) is 8.21. The summed E-state index contributed by atoms with van der Waals surface area (Å²) in [5, 5.41) is 23.0. The fourth-order valence-electron chi connectivity index (χ4n) is 3.04. The van der Waals surface area contributed by atoms with Gasteiger partial charge in [-0.25, -0.2) is 4.98 Å². The van der Waals surface area contributed by atoms with Crippen molar-refractivity contribution in [1.82, 2.24) is 4.98 Å². The zero-order chi connectivity index (χ0) is 19.1. The van der Waals surface area contributed by atoms with Crippen molar-refractivity contribution < 1.29 is 5.11 Å². The number of aliphatic hydroxyl groups is 1. The number of aromatic nitrogens is 1. The van der Waals surface area contributed by atoms with Gasteiger partial charge in [0.05, 0.1) is 17.8 Å². The second-order valence-electron chi connectivity index (χ2n) is 6.19. The van der Waals surface area contributed by atoms with Gasteiger partial charge in [0.15, 0.2) is 0 Å². The van der Waals surface area contributed by atoms with Gasteiger partial charge in [0.2, 0.25) is 0 Å². The van der Waals surface area contributed by atoms with Gasteiger partial charge in [-0.05, 0) is 36.8 Å². The number of aliphatic hydroxyl groups excluding tert-OH is 1. The summed E-state index contributed by atoms with van der Waals surface area (Å²) in [4.78, 5) is 6.37. The van der Waals surface area contributed by atoms with Crippen LogP contribution >= 0.6 is 34.5 Å². The van der Waals surface area contributed by atoms with E-state index in [1.807, 2.05) is 54.8 Å². The third kappa shape index (κ3) is 3.23. The molecule has 3 aromatic rings. The molecule has 0 aliphatic carbocycles. The van der Waals surface area contributed by atoms with Crippen LogP contribution in [0.3, 0.4) is 0 Å². The lowest BCUT2D eigenvalue weighted by atomic mass is 10.1. The second-order valence-corrected chi connectivity index (χ2v) is 7.89. The van der Waals surface area contributed by atoms with Crippen molar-refractivity contribution in [3.05, 3.63) is 74.2 Å². The number of nitrogens with one attached hydrogen (secondary N) is 1. The maximum Gasteiger partial charge on any atom is 0.139 e. The Morgan fingerprint density at radius 2 is 1.89 bits per heavy atom. The van der Waals surface area contributed by atoms with E-state index in [1.54, 1.807) is 4.90 Å². The molecule has 1 aliphatic heterocycles. The number of hydrogen-bond donors (Lipinski definition) is 2.